The molecule has 1 atom stereocenters. The van der Waals surface area contributed by atoms with Crippen molar-refractivity contribution in [2.75, 3.05) is 5.32 Å². The van der Waals surface area contributed by atoms with Crippen molar-refractivity contribution in [2.24, 2.45) is 5.92 Å². The SMILES string of the molecule is Cc1ccc(NC(=O)[C@@H](NS(=O)(=O)c2cccc3nsnc23)C(C)C)cc1. The van der Waals surface area contributed by atoms with Crippen LogP contribution >= 0.6 is 11.7 Å². The van der Waals surface area contributed by atoms with Crippen molar-refractivity contribution in [3.05, 3.63) is 48.0 Å². The number of hydrogen-bond acceptors (Lipinski definition) is 6. The number of hydrogen-bond donors (Lipinski definition) is 2. The summed E-state index contributed by atoms with van der Waals surface area (Å²) in [7, 11) is -3.95. The second-order valence-electron chi connectivity index (χ2n) is 6.59. The van der Waals surface area contributed by atoms with E-state index in [-0.39, 0.29) is 10.8 Å². The van der Waals surface area contributed by atoms with E-state index in [0.29, 0.717) is 16.7 Å². The predicted octanol–water partition coefficient (Wildman–Crippen LogP) is 2.94. The summed E-state index contributed by atoms with van der Waals surface area (Å²) in [4.78, 5) is 12.7. The fraction of sp³-hybridized carbons (Fsp3) is 0.278. The van der Waals surface area contributed by atoms with Gasteiger partial charge in [-0.05, 0) is 37.1 Å². The molecule has 2 aromatic carbocycles. The van der Waals surface area contributed by atoms with Crippen molar-refractivity contribution in [3.8, 4) is 0 Å². The molecule has 0 saturated carbocycles. The lowest BCUT2D eigenvalue weighted by Crippen LogP contribution is -2.47. The number of anilines is 1. The van der Waals surface area contributed by atoms with Gasteiger partial charge in [-0.2, -0.15) is 13.5 Å². The molecule has 1 amide bonds. The minimum Gasteiger partial charge on any atom is -0.325 e. The van der Waals surface area contributed by atoms with Crippen molar-refractivity contribution in [2.45, 2.75) is 31.7 Å². The lowest BCUT2D eigenvalue weighted by Gasteiger charge is -2.21. The number of carbonyl (C=O) groups is 1. The van der Waals surface area contributed by atoms with Gasteiger partial charge in [0.1, 0.15) is 22.0 Å². The highest BCUT2D eigenvalue weighted by molar-refractivity contribution is 7.89. The molecule has 0 bridgehead atoms. The van der Waals surface area contributed by atoms with Gasteiger partial charge in [-0.3, -0.25) is 4.79 Å². The number of fused-ring (bicyclic) bond motifs is 1. The number of amides is 1. The maximum Gasteiger partial charge on any atom is 0.243 e. The topological polar surface area (TPSA) is 101 Å². The van der Waals surface area contributed by atoms with Crippen LogP contribution in [0.2, 0.25) is 0 Å². The highest BCUT2D eigenvalue weighted by atomic mass is 32.2. The van der Waals surface area contributed by atoms with Crippen LogP contribution in [0.15, 0.2) is 47.4 Å². The van der Waals surface area contributed by atoms with E-state index in [1.54, 1.807) is 38.1 Å². The van der Waals surface area contributed by atoms with Crippen molar-refractivity contribution in [1.29, 1.82) is 0 Å². The number of aryl methyl sites for hydroxylation is 1. The summed E-state index contributed by atoms with van der Waals surface area (Å²) in [6, 6.07) is 11.1. The van der Waals surface area contributed by atoms with E-state index in [0.717, 1.165) is 17.3 Å². The average molecular weight is 405 g/mol. The number of carbonyl (C=O) groups excluding carboxylic acids is 1. The van der Waals surface area contributed by atoms with Gasteiger partial charge in [0.15, 0.2) is 0 Å². The van der Waals surface area contributed by atoms with Crippen molar-refractivity contribution in [3.63, 3.8) is 0 Å². The maximum absolute atomic E-state index is 12.9. The van der Waals surface area contributed by atoms with Crippen LogP contribution in [-0.2, 0) is 14.8 Å². The quantitative estimate of drug-likeness (QED) is 0.658. The molecular formula is C18H20N4O3S2. The molecule has 0 aliphatic heterocycles. The van der Waals surface area contributed by atoms with E-state index in [1.807, 2.05) is 19.1 Å². The molecule has 0 unspecified atom stereocenters. The van der Waals surface area contributed by atoms with Crippen LogP contribution in [0.4, 0.5) is 5.69 Å². The first-order valence-electron chi connectivity index (χ1n) is 8.39. The molecular weight excluding hydrogens is 384 g/mol. The summed E-state index contributed by atoms with van der Waals surface area (Å²) in [5.41, 5.74) is 2.49. The zero-order valence-electron chi connectivity index (χ0n) is 15.1. The number of benzene rings is 2. The first kappa shape index (κ1) is 19.4. The Kier molecular flexibility index (Phi) is 5.54. The van der Waals surface area contributed by atoms with Crippen LogP contribution < -0.4 is 10.0 Å². The molecule has 9 heteroatoms. The normalized spacial score (nSPS) is 13.0. The molecule has 0 radical (unpaired) electrons. The lowest BCUT2D eigenvalue weighted by molar-refractivity contribution is -0.118. The van der Waals surface area contributed by atoms with Crippen LogP contribution in [0.25, 0.3) is 11.0 Å². The van der Waals surface area contributed by atoms with Crippen molar-refractivity contribution >= 4 is 44.4 Å². The van der Waals surface area contributed by atoms with E-state index in [9.17, 15) is 13.2 Å². The summed E-state index contributed by atoms with van der Waals surface area (Å²) in [5, 5.41) is 2.76. The van der Waals surface area contributed by atoms with Crippen LogP contribution in [0, 0.1) is 12.8 Å². The Labute approximate surface area is 162 Å². The van der Waals surface area contributed by atoms with E-state index >= 15 is 0 Å². The summed E-state index contributed by atoms with van der Waals surface area (Å²) < 4.78 is 36.5. The van der Waals surface area contributed by atoms with Gasteiger partial charge in [0.05, 0.1) is 11.7 Å². The fourth-order valence-electron chi connectivity index (χ4n) is 2.58. The number of sulfonamides is 1. The van der Waals surface area contributed by atoms with Gasteiger partial charge in [-0.1, -0.05) is 37.6 Å². The number of aromatic nitrogens is 2. The standard InChI is InChI=1S/C18H20N4O3S2/c1-11(2)16(18(23)19-13-9-7-12(3)8-10-13)22-27(24,25)15-6-4-5-14-17(15)21-26-20-14/h4-11,16,22H,1-3H3,(H,19,23)/t16-/m0/s1. The largest absolute Gasteiger partial charge is 0.325 e. The van der Waals surface area contributed by atoms with Crippen molar-refractivity contribution < 1.29 is 13.2 Å². The Morgan fingerprint density at radius 2 is 1.78 bits per heavy atom. The average Bonchev–Trinajstić information content (AvgIpc) is 3.10. The van der Waals surface area contributed by atoms with Gasteiger partial charge in [0, 0.05) is 5.69 Å². The second kappa shape index (κ2) is 7.71. The zero-order chi connectivity index (χ0) is 19.6. The van der Waals surface area contributed by atoms with E-state index in [2.05, 4.69) is 18.8 Å². The van der Waals surface area contributed by atoms with E-state index < -0.39 is 22.0 Å². The monoisotopic (exact) mass is 404 g/mol. The van der Waals surface area contributed by atoms with Gasteiger partial charge in [0.25, 0.3) is 0 Å². The summed E-state index contributed by atoms with van der Waals surface area (Å²) in [6.07, 6.45) is 0. The number of rotatable bonds is 6. The Balaban J connectivity index is 1.86. The third-order valence-electron chi connectivity index (χ3n) is 4.09. The molecule has 0 aliphatic carbocycles. The fourth-order valence-corrected chi connectivity index (χ4v) is 4.69. The summed E-state index contributed by atoms with van der Waals surface area (Å²) in [5.74, 6) is -0.668. The Bertz CT molecular complexity index is 1060. The molecule has 0 fully saturated rings. The third kappa shape index (κ3) is 4.32. The van der Waals surface area contributed by atoms with E-state index in [4.69, 9.17) is 0 Å². The molecule has 7 nitrogen and oxygen atoms in total. The minimum absolute atomic E-state index is 0.0162. The number of nitrogens with one attached hydrogen (secondary N) is 2. The number of nitrogens with zero attached hydrogens (tertiary/aromatic N) is 2. The van der Waals surface area contributed by atoms with Gasteiger partial charge >= 0.3 is 0 Å². The van der Waals surface area contributed by atoms with Crippen LogP contribution in [-0.4, -0.2) is 29.1 Å². The van der Waals surface area contributed by atoms with Crippen LogP contribution in [0.5, 0.6) is 0 Å². The summed E-state index contributed by atoms with van der Waals surface area (Å²) in [6.45, 7) is 5.52. The smallest absolute Gasteiger partial charge is 0.243 e. The summed E-state index contributed by atoms with van der Waals surface area (Å²) >= 11 is 0.946. The first-order chi connectivity index (χ1) is 12.8. The molecule has 3 rings (SSSR count). The Hall–Kier alpha value is -2.36. The highest BCUT2D eigenvalue weighted by Gasteiger charge is 2.30. The van der Waals surface area contributed by atoms with Gasteiger partial charge in [0.2, 0.25) is 15.9 Å². The molecule has 0 spiro atoms. The lowest BCUT2D eigenvalue weighted by atomic mass is 10.0. The zero-order valence-corrected chi connectivity index (χ0v) is 16.8. The maximum atomic E-state index is 12.9. The van der Waals surface area contributed by atoms with Gasteiger partial charge in [-0.15, -0.1) is 0 Å². The molecule has 27 heavy (non-hydrogen) atoms. The minimum atomic E-state index is -3.95. The molecule has 1 heterocycles. The Morgan fingerprint density at radius 1 is 1.07 bits per heavy atom. The molecule has 142 valence electrons. The second-order valence-corrected chi connectivity index (χ2v) is 8.80. The van der Waals surface area contributed by atoms with Crippen molar-refractivity contribution in [1.82, 2.24) is 13.5 Å². The molecule has 1 aromatic heterocycles. The molecule has 0 saturated heterocycles. The third-order valence-corrected chi connectivity index (χ3v) is 6.10. The van der Waals surface area contributed by atoms with Gasteiger partial charge < -0.3 is 5.32 Å². The molecule has 2 N–H and O–H groups in total. The first-order valence-corrected chi connectivity index (χ1v) is 10.6. The molecule has 0 aliphatic rings. The molecule has 3 aromatic rings. The Morgan fingerprint density at radius 3 is 2.44 bits per heavy atom. The predicted molar refractivity (Wildman–Crippen MR) is 106 cm³/mol. The van der Waals surface area contributed by atoms with Gasteiger partial charge in [-0.25, -0.2) is 8.42 Å². The van der Waals surface area contributed by atoms with E-state index in [1.165, 1.54) is 6.07 Å². The highest BCUT2D eigenvalue weighted by Crippen LogP contribution is 2.22. The van der Waals surface area contributed by atoms with Crippen LogP contribution in [0.3, 0.4) is 0 Å². The van der Waals surface area contributed by atoms with Crippen LogP contribution in [0.1, 0.15) is 19.4 Å².